The molecule has 0 aliphatic carbocycles. The van der Waals surface area contributed by atoms with Crippen LogP contribution >= 0.6 is 27.7 Å². The lowest BCUT2D eigenvalue weighted by atomic mass is 9.70. The number of nitrogens with zero attached hydrogens (tertiary/aromatic N) is 3. The van der Waals surface area contributed by atoms with Crippen molar-refractivity contribution < 1.29 is 19.5 Å². The molecule has 1 spiro atoms. The summed E-state index contributed by atoms with van der Waals surface area (Å²) in [5.41, 5.74) is 1.45. The number of para-hydroxylation sites is 1. The molecule has 246 valence electrons. The predicted molar refractivity (Wildman–Crippen MR) is 195 cm³/mol. The van der Waals surface area contributed by atoms with Crippen molar-refractivity contribution in [2.24, 2.45) is 17.8 Å². The topological polar surface area (TPSA) is 81.2 Å². The van der Waals surface area contributed by atoms with Crippen LogP contribution in [0.5, 0.6) is 0 Å². The van der Waals surface area contributed by atoms with E-state index in [-0.39, 0.29) is 46.9 Å². The van der Waals surface area contributed by atoms with Crippen molar-refractivity contribution >= 4 is 67.6 Å². The molecule has 3 aliphatic heterocycles. The number of anilines is 2. The number of benzene rings is 3. The quantitative estimate of drug-likeness (QED) is 0.172. The molecule has 3 aromatic rings. The predicted octanol–water partition coefficient (Wildman–Crippen LogP) is 6.45. The number of fused-ring (bicyclic) bond motifs is 2. The van der Waals surface area contributed by atoms with Gasteiger partial charge < -0.3 is 19.8 Å². The van der Waals surface area contributed by atoms with Gasteiger partial charge in [0.25, 0.3) is 5.91 Å². The van der Waals surface area contributed by atoms with Crippen molar-refractivity contribution in [1.82, 2.24) is 4.90 Å². The van der Waals surface area contributed by atoms with E-state index >= 15 is 4.79 Å². The second-order valence-electron chi connectivity index (χ2n) is 12.9. The Morgan fingerprint density at radius 2 is 1.64 bits per heavy atom. The van der Waals surface area contributed by atoms with Crippen molar-refractivity contribution in [3.05, 3.63) is 98.1 Å². The third-order valence-corrected chi connectivity index (χ3v) is 13.6. The molecule has 3 amide bonds. The van der Waals surface area contributed by atoms with Gasteiger partial charge in [-0.15, -0.1) is 24.9 Å². The number of aliphatic hydroxyl groups excluding tert-OH is 1. The summed E-state index contributed by atoms with van der Waals surface area (Å²) in [5.74, 6) is -2.03. The lowest BCUT2D eigenvalue weighted by molar-refractivity contribution is -0.143. The number of carbonyl (C=O) groups excluding carboxylic acids is 3. The molecule has 8 atom stereocenters. The summed E-state index contributed by atoms with van der Waals surface area (Å²) in [4.78, 5) is 49.8. The Hall–Kier alpha value is -3.40. The zero-order chi connectivity index (χ0) is 33.5. The summed E-state index contributed by atoms with van der Waals surface area (Å²) in [7, 11) is 0. The molecular formula is C38H42BrN3O4S. The average Bonchev–Trinajstić information content (AvgIpc) is 3.69. The van der Waals surface area contributed by atoms with Crippen LogP contribution in [0.3, 0.4) is 0 Å². The van der Waals surface area contributed by atoms with E-state index in [1.807, 2.05) is 86.6 Å². The number of amides is 3. The van der Waals surface area contributed by atoms with E-state index in [4.69, 9.17) is 0 Å². The van der Waals surface area contributed by atoms with Crippen LogP contribution in [0.25, 0.3) is 10.8 Å². The standard InChI is InChI=1S/C38H42BrN3O4S/c1-5-19-40(27-15-9-8-10-16-27)35(44)31-32-36(45)42(30(23-43)24(4)7-3)34(38(32)22-29(39)33(31)47-38)37(46)41(20-6-2)28-18-17-25-13-11-12-14-26(25)21-28/h5-6,8-18,21,24,29-34,43H,1-2,7,19-20,22-23H2,3-4H3/t24-,29?,30-,31+,32-,33+,34?,38?/m0/s1. The lowest BCUT2D eigenvalue weighted by Crippen LogP contribution is -2.59. The van der Waals surface area contributed by atoms with Crippen molar-refractivity contribution in [2.75, 3.05) is 29.5 Å². The van der Waals surface area contributed by atoms with Gasteiger partial charge in [-0.3, -0.25) is 14.4 Å². The van der Waals surface area contributed by atoms with Gasteiger partial charge in [0.1, 0.15) is 6.04 Å². The van der Waals surface area contributed by atoms with Gasteiger partial charge >= 0.3 is 0 Å². The second-order valence-corrected chi connectivity index (χ2v) is 15.6. The van der Waals surface area contributed by atoms with Gasteiger partial charge in [0, 0.05) is 34.5 Å². The SMILES string of the molecule is C=CCN(C(=O)C1N([C@@H](CO)[C@@H](C)CC)C(=O)[C@@H]2[C@@H](C(=O)N(CC=C)c3ccccc3)[C@@H]3SC12CC3Br)c1ccc2ccccc2c1. The van der Waals surface area contributed by atoms with Gasteiger partial charge in [-0.1, -0.05) is 96.9 Å². The van der Waals surface area contributed by atoms with Crippen molar-refractivity contribution in [1.29, 1.82) is 0 Å². The smallest absolute Gasteiger partial charge is 0.251 e. The number of hydrogen-bond donors (Lipinski definition) is 1. The number of aliphatic hydroxyl groups is 1. The molecule has 3 aromatic carbocycles. The summed E-state index contributed by atoms with van der Waals surface area (Å²) < 4.78 is -0.860. The minimum absolute atomic E-state index is 0.0688. The Kier molecular flexibility index (Phi) is 9.70. The Labute approximate surface area is 289 Å². The Morgan fingerprint density at radius 3 is 2.28 bits per heavy atom. The first kappa shape index (κ1) is 33.5. The second kappa shape index (κ2) is 13.6. The van der Waals surface area contributed by atoms with Gasteiger partial charge in [0.2, 0.25) is 11.8 Å². The molecule has 3 heterocycles. The third kappa shape index (κ3) is 5.54. The van der Waals surface area contributed by atoms with Gasteiger partial charge in [0.15, 0.2) is 0 Å². The summed E-state index contributed by atoms with van der Waals surface area (Å²) >= 11 is 5.51. The normalized spacial score (nSPS) is 27.4. The van der Waals surface area contributed by atoms with E-state index in [2.05, 4.69) is 29.1 Å². The fraction of sp³-hybridized carbons (Fsp3) is 0.395. The first-order valence-corrected chi connectivity index (χ1v) is 18.1. The van der Waals surface area contributed by atoms with E-state index in [1.54, 1.807) is 38.6 Å². The van der Waals surface area contributed by atoms with Gasteiger partial charge in [-0.2, -0.15) is 0 Å². The lowest BCUT2D eigenvalue weighted by Gasteiger charge is -2.41. The number of thioether (sulfide) groups is 1. The zero-order valence-corrected chi connectivity index (χ0v) is 29.3. The van der Waals surface area contributed by atoms with Crippen LogP contribution in [0, 0.1) is 17.8 Å². The zero-order valence-electron chi connectivity index (χ0n) is 26.9. The number of carbonyl (C=O) groups is 3. The van der Waals surface area contributed by atoms with Gasteiger partial charge in [-0.05, 0) is 47.4 Å². The molecule has 6 rings (SSSR count). The van der Waals surface area contributed by atoms with E-state index < -0.39 is 28.7 Å². The Morgan fingerprint density at radius 1 is 1.00 bits per heavy atom. The highest BCUT2D eigenvalue weighted by atomic mass is 79.9. The number of rotatable bonds is 12. The average molecular weight is 717 g/mol. The molecule has 47 heavy (non-hydrogen) atoms. The van der Waals surface area contributed by atoms with Crippen LogP contribution in [0.1, 0.15) is 26.7 Å². The molecule has 0 saturated carbocycles. The molecule has 1 N–H and O–H groups in total. The highest BCUT2D eigenvalue weighted by Crippen LogP contribution is 2.68. The highest BCUT2D eigenvalue weighted by molar-refractivity contribution is 9.09. The highest BCUT2D eigenvalue weighted by Gasteiger charge is 2.76. The van der Waals surface area contributed by atoms with E-state index in [9.17, 15) is 14.7 Å². The number of likely N-dealkylation sites (tertiary alicyclic amines) is 1. The van der Waals surface area contributed by atoms with Crippen LogP contribution in [0.15, 0.2) is 98.1 Å². The summed E-state index contributed by atoms with van der Waals surface area (Å²) in [6.07, 6.45) is 4.67. The van der Waals surface area contributed by atoms with Crippen LogP contribution in [-0.2, 0) is 14.4 Å². The Balaban J connectivity index is 1.48. The molecule has 2 bridgehead atoms. The largest absolute Gasteiger partial charge is 0.394 e. The molecule has 3 saturated heterocycles. The molecule has 0 aromatic heterocycles. The first-order valence-electron chi connectivity index (χ1n) is 16.4. The van der Waals surface area contributed by atoms with Gasteiger partial charge in [0.05, 0.1) is 29.2 Å². The molecule has 3 fully saturated rings. The van der Waals surface area contributed by atoms with Crippen LogP contribution in [-0.4, -0.2) is 74.3 Å². The number of hydrogen-bond acceptors (Lipinski definition) is 5. The fourth-order valence-electron chi connectivity index (χ4n) is 7.98. The molecule has 0 radical (unpaired) electrons. The minimum Gasteiger partial charge on any atom is -0.394 e. The molecule has 3 unspecified atom stereocenters. The Bertz CT molecular complexity index is 1690. The van der Waals surface area contributed by atoms with Crippen molar-refractivity contribution in [3.8, 4) is 0 Å². The van der Waals surface area contributed by atoms with Crippen LogP contribution < -0.4 is 9.80 Å². The fourth-order valence-corrected chi connectivity index (χ4v) is 11.6. The molecule has 7 nitrogen and oxygen atoms in total. The molecular weight excluding hydrogens is 674 g/mol. The van der Waals surface area contributed by atoms with E-state index in [0.29, 0.717) is 18.7 Å². The van der Waals surface area contributed by atoms with E-state index in [1.165, 1.54) is 0 Å². The van der Waals surface area contributed by atoms with Crippen molar-refractivity contribution in [3.63, 3.8) is 0 Å². The van der Waals surface area contributed by atoms with Crippen molar-refractivity contribution in [2.45, 2.75) is 53.6 Å². The van der Waals surface area contributed by atoms with Crippen LogP contribution in [0.2, 0.25) is 0 Å². The maximum absolute atomic E-state index is 15.2. The third-order valence-electron chi connectivity index (χ3n) is 10.4. The maximum atomic E-state index is 15.2. The summed E-state index contributed by atoms with van der Waals surface area (Å²) in [6.45, 7) is 12.2. The molecule has 3 aliphatic rings. The number of halogens is 1. The number of alkyl halides is 1. The minimum atomic E-state index is -0.880. The van der Waals surface area contributed by atoms with E-state index in [0.717, 1.165) is 22.9 Å². The first-order chi connectivity index (χ1) is 22.7. The van der Waals surface area contributed by atoms with Crippen LogP contribution in [0.4, 0.5) is 11.4 Å². The summed E-state index contributed by atoms with van der Waals surface area (Å²) in [6, 6.07) is 21.9. The monoisotopic (exact) mass is 715 g/mol. The maximum Gasteiger partial charge on any atom is 0.251 e. The summed E-state index contributed by atoms with van der Waals surface area (Å²) in [5, 5.41) is 12.7. The molecule has 9 heteroatoms. The van der Waals surface area contributed by atoms with Gasteiger partial charge in [-0.25, -0.2) is 0 Å².